The minimum absolute atomic E-state index is 0.0632. The van der Waals surface area contributed by atoms with Crippen LogP contribution in [0.4, 0.5) is 9.39 Å². The Hall–Kier alpha value is -2.30. The van der Waals surface area contributed by atoms with E-state index in [2.05, 4.69) is 26.7 Å². The Bertz CT molecular complexity index is 645. The number of aromatic nitrogens is 2. The van der Waals surface area contributed by atoms with Crippen LogP contribution in [0.1, 0.15) is 15.9 Å². The van der Waals surface area contributed by atoms with Gasteiger partial charge in [-0.15, -0.1) is 5.10 Å². The highest BCUT2D eigenvalue weighted by atomic mass is 32.1. The molecule has 1 aromatic heterocycles. The van der Waals surface area contributed by atoms with Gasteiger partial charge in [0.15, 0.2) is 0 Å². The molecule has 5 nitrogen and oxygen atoms in total. The Morgan fingerprint density at radius 1 is 1.53 bits per heavy atom. The van der Waals surface area contributed by atoms with Crippen LogP contribution < -0.4 is 11.1 Å². The summed E-state index contributed by atoms with van der Waals surface area (Å²) in [7, 11) is 0. The maximum atomic E-state index is 13.8. The van der Waals surface area contributed by atoms with Crippen molar-refractivity contribution in [3.63, 3.8) is 0 Å². The minimum atomic E-state index is -0.640. The Morgan fingerprint density at radius 3 is 3.00 bits per heavy atom. The van der Waals surface area contributed by atoms with Crippen LogP contribution in [0.25, 0.3) is 0 Å². The number of hydrogen-bond acceptors (Lipinski definition) is 5. The van der Waals surface area contributed by atoms with Crippen LogP contribution in [-0.2, 0) is 0 Å². The van der Waals surface area contributed by atoms with E-state index in [1.165, 1.54) is 18.3 Å². The zero-order valence-corrected chi connectivity index (χ0v) is 10.5. The molecular formula is C12H9FN4OS. The molecule has 0 radical (unpaired) electrons. The smallest absolute Gasteiger partial charge is 0.259 e. The number of carbonyl (C=O) groups excluding carboxylic acids is 1. The van der Waals surface area contributed by atoms with E-state index >= 15 is 0 Å². The van der Waals surface area contributed by atoms with Gasteiger partial charge in [0.05, 0.1) is 18.3 Å². The molecule has 2 rings (SSSR count). The molecular weight excluding hydrogens is 267 g/mol. The second kappa shape index (κ2) is 6.04. The van der Waals surface area contributed by atoms with Gasteiger partial charge in [0.1, 0.15) is 10.8 Å². The van der Waals surface area contributed by atoms with E-state index in [4.69, 9.17) is 5.73 Å². The Morgan fingerprint density at radius 2 is 2.37 bits per heavy atom. The number of carbonyl (C=O) groups is 1. The van der Waals surface area contributed by atoms with Crippen LogP contribution in [-0.4, -0.2) is 22.0 Å². The number of nitrogens with two attached hydrogens (primary N) is 1. The van der Waals surface area contributed by atoms with Gasteiger partial charge in [-0.05, 0) is 18.2 Å². The first kappa shape index (κ1) is 13.1. The molecule has 0 aliphatic carbocycles. The third-order valence-electron chi connectivity index (χ3n) is 2.15. The highest BCUT2D eigenvalue weighted by Gasteiger charge is 2.12. The van der Waals surface area contributed by atoms with Crippen LogP contribution in [0.2, 0.25) is 0 Å². The first-order valence-corrected chi connectivity index (χ1v) is 6.05. The van der Waals surface area contributed by atoms with Gasteiger partial charge in [0, 0.05) is 17.1 Å². The predicted molar refractivity (Wildman–Crippen MR) is 70.2 cm³/mol. The lowest BCUT2D eigenvalue weighted by molar-refractivity contribution is 0.102. The summed E-state index contributed by atoms with van der Waals surface area (Å²) in [5.41, 5.74) is 5.63. The molecule has 0 atom stereocenters. The van der Waals surface area contributed by atoms with Crippen molar-refractivity contribution in [2.45, 2.75) is 0 Å². The molecule has 3 N–H and O–H groups in total. The highest BCUT2D eigenvalue weighted by Crippen LogP contribution is 2.14. The van der Waals surface area contributed by atoms with Gasteiger partial charge in [-0.2, -0.15) is 0 Å². The number of nitrogens with one attached hydrogen (secondary N) is 1. The molecule has 0 aliphatic heterocycles. The van der Waals surface area contributed by atoms with Crippen molar-refractivity contribution < 1.29 is 9.18 Å². The van der Waals surface area contributed by atoms with Crippen LogP contribution in [0.3, 0.4) is 0 Å². The van der Waals surface area contributed by atoms with Crippen molar-refractivity contribution in [2.24, 2.45) is 5.73 Å². The van der Waals surface area contributed by atoms with E-state index in [0.717, 1.165) is 11.5 Å². The fourth-order valence-corrected chi connectivity index (χ4v) is 1.75. The Kier molecular flexibility index (Phi) is 4.18. The molecule has 1 heterocycles. The van der Waals surface area contributed by atoms with Gasteiger partial charge in [0.25, 0.3) is 5.91 Å². The average Bonchev–Trinajstić information content (AvgIpc) is 2.89. The summed E-state index contributed by atoms with van der Waals surface area (Å²) in [5, 5.41) is 6.52. The van der Waals surface area contributed by atoms with E-state index in [9.17, 15) is 9.18 Å². The summed E-state index contributed by atoms with van der Waals surface area (Å²) < 4.78 is 17.4. The van der Waals surface area contributed by atoms with Crippen molar-refractivity contribution in [1.82, 2.24) is 9.59 Å². The van der Waals surface area contributed by atoms with Crippen LogP contribution in [0.5, 0.6) is 0 Å². The number of rotatable bonds is 2. The normalized spacial score (nSPS) is 9.58. The van der Waals surface area contributed by atoms with Crippen molar-refractivity contribution in [3.05, 3.63) is 41.3 Å². The Labute approximate surface area is 112 Å². The first-order valence-electron chi connectivity index (χ1n) is 5.28. The second-order valence-corrected chi connectivity index (χ2v) is 4.22. The fourth-order valence-electron chi connectivity index (χ4n) is 1.33. The predicted octanol–water partition coefficient (Wildman–Crippen LogP) is 1.24. The number of hydrogen-bond donors (Lipinski definition) is 2. The number of benzene rings is 1. The highest BCUT2D eigenvalue weighted by molar-refractivity contribution is 7.10. The average molecular weight is 276 g/mol. The topological polar surface area (TPSA) is 80.9 Å². The lowest BCUT2D eigenvalue weighted by Crippen LogP contribution is -2.13. The zero-order chi connectivity index (χ0) is 13.7. The summed E-state index contributed by atoms with van der Waals surface area (Å²) in [6.45, 7) is 0.197. The van der Waals surface area contributed by atoms with Crippen molar-refractivity contribution in [1.29, 1.82) is 0 Å². The summed E-state index contributed by atoms with van der Waals surface area (Å²) in [6.07, 6.45) is 1.39. The lowest BCUT2D eigenvalue weighted by Gasteiger charge is -2.03. The lowest BCUT2D eigenvalue weighted by atomic mass is 10.1. The quantitative estimate of drug-likeness (QED) is 0.809. The van der Waals surface area contributed by atoms with Gasteiger partial charge >= 0.3 is 0 Å². The third-order valence-corrected chi connectivity index (χ3v) is 2.73. The molecule has 1 aromatic carbocycles. The number of amides is 1. The van der Waals surface area contributed by atoms with Crippen molar-refractivity contribution in [2.75, 3.05) is 11.9 Å². The maximum absolute atomic E-state index is 13.8. The molecule has 96 valence electrons. The van der Waals surface area contributed by atoms with Crippen LogP contribution in [0.15, 0.2) is 24.4 Å². The number of nitrogens with zero attached hydrogens (tertiary/aromatic N) is 2. The molecule has 19 heavy (non-hydrogen) atoms. The van der Waals surface area contributed by atoms with Gasteiger partial charge in [0.2, 0.25) is 0 Å². The van der Waals surface area contributed by atoms with Gasteiger partial charge < -0.3 is 11.1 Å². The second-order valence-electron chi connectivity index (χ2n) is 3.44. The third kappa shape index (κ3) is 3.34. The maximum Gasteiger partial charge on any atom is 0.259 e. The molecule has 2 aromatic rings. The van der Waals surface area contributed by atoms with Crippen molar-refractivity contribution in [3.8, 4) is 11.8 Å². The summed E-state index contributed by atoms with van der Waals surface area (Å²) >= 11 is 1.01. The Balaban J connectivity index is 2.18. The molecule has 1 amide bonds. The van der Waals surface area contributed by atoms with Crippen molar-refractivity contribution >= 4 is 22.4 Å². The van der Waals surface area contributed by atoms with E-state index in [0.29, 0.717) is 10.6 Å². The standard InChI is InChI=1S/C12H9FN4OS/c13-10-6-8(2-1-5-14)3-4-9(10)12(18)16-11-7-15-17-19-11/h3-4,6-7H,5,14H2,(H,16,18). The molecule has 0 bridgehead atoms. The molecule has 0 saturated heterocycles. The zero-order valence-electron chi connectivity index (χ0n) is 9.68. The van der Waals surface area contributed by atoms with Crippen LogP contribution in [0, 0.1) is 17.7 Å². The molecule has 0 saturated carbocycles. The van der Waals surface area contributed by atoms with E-state index < -0.39 is 11.7 Å². The molecule has 0 unspecified atom stereocenters. The van der Waals surface area contributed by atoms with E-state index in [1.54, 1.807) is 6.07 Å². The summed E-state index contributed by atoms with van der Waals surface area (Å²) in [5.74, 6) is 4.11. The number of halogens is 1. The van der Waals surface area contributed by atoms with Gasteiger partial charge in [-0.25, -0.2) is 4.39 Å². The van der Waals surface area contributed by atoms with Gasteiger partial charge in [-0.1, -0.05) is 16.3 Å². The summed E-state index contributed by atoms with van der Waals surface area (Å²) in [4.78, 5) is 11.8. The fraction of sp³-hybridized carbons (Fsp3) is 0.0833. The molecule has 0 fully saturated rings. The van der Waals surface area contributed by atoms with Crippen LogP contribution >= 0.6 is 11.5 Å². The number of anilines is 1. The molecule has 0 spiro atoms. The van der Waals surface area contributed by atoms with E-state index in [1.807, 2.05) is 0 Å². The largest absolute Gasteiger partial charge is 0.320 e. The minimum Gasteiger partial charge on any atom is -0.320 e. The van der Waals surface area contributed by atoms with E-state index in [-0.39, 0.29) is 12.1 Å². The summed E-state index contributed by atoms with van der Waals surface area (Å²) in [6, 6.07) is 4.13. The molecule has 7 heteroatoms. The molecule has 0 aliphatic rings. The SMILES string of the molecule is NCC#Cc1ccc(C(=O)Nc2cnns2)c(F)c1. The monoisotopic (exact) mass is 276 g/mol. The van der Waals surface area contributed by atoms with Gasteiger partial charge in [-0.3, -0.25) is 4.79 Å². The first-order chi connectivity index (χ1) is 9.20.